The van der Waals surface area contributed by atoms with E-state index in [4.69, 9.17) is 4.74 Å². The van der Waals surface area contributed by atoms with E-state index in [0.717, 1.165) is 18.5 Å². The number of hydrogen-bond donors (Lipinski definition) is 0. The second-order valence-corrected chi connectivity index (χ2v) is 3.51. The average Bonchev–Trinajstić information content (AvgIpc) is 2.15. The van der Waals surface area contributed by atoms with Gasteiger partial charge < -0.3 is 9.64 Å². The van der Waals surface area contributed by atoms with Crippen molar-refractivity contribution in [1.82, 2.24) is 4.90 Å². The van der Waals surface area contributed by atoms with Gasteiger partial charge in [-0.3, -0.25) is 0 Å². The molecule has 0 N–H and O–H groups in total. The summed E-state index contributed by atoms with van der Waals surface area (Å²) in [5.41, 5.74) is 0.736. The second kappa shape index (κ2) is 4.96. The average molecular weight is 197 g/mol. The first-order valence-electron chi connectivity index (χ1n) is 4.60. The van der Waals surface area contributed by atoms with Crippen LogP contribution in [0.5, 0.6) is 5.75 Å². The van der Waals surface area contributed by atoms with Crippen molar-refractivity contribution in [3.05, 3.63) is 29.6 Å². The summed E-state index contributed by atoms with van der Waals surface area (Å²) in [4.78, 5) is 2.03. The minimum absolute atomic E-state index is 0.189. The fourth-order valence-electron chi connectivity index (χ4n) is 1.20. The van der Waals surface area contributed by atoms with Crippen molar-refractivity contribution in [1.29, 1.82) is 0 Å². The Labute approximate surface area is 84.3 Å². The molecule has 78 valence electrons. The van der Waals surface area contributed by atoms with E-state index in [2.05, 4.69) is 0 Å². The molecule has 0 spiro atoms. The molecule has 0 saturated carbocycles. The topological polar surface area (TPSA) is 12.5 Å². The van der Waals surface area contributed by atoms with Gasteiger partial charge in [0.25, 0.3) is 0 Å². The Kier molecular flexibility index (Phi) is 3.89. The molecule has 14 heavy (non-hydrogen) atoms. The van der Waals surface area contributed by atoms with E-state index in [9.17, 15) is 4.39 Å². The summed E-state index contributed by atoms with van der Waals surface area (Å²) in [6, 6.07) is 4.98. The van der Waals surface area contributed by atoms with Crippen LogP contribution < -0.4 is 4.74 Å². The molecule has 0 aliphatic heterocycles. The van der Waals surface area contributed by atoms with Gasteiger partial charge in [-0.15, -0.1) is 0 Å². The van der Waals surface area contributed by atoms with Gasteiger partial charge in [-0.25, -0.2) is 4.39 Å². The molecule has 1 rings (SSSR count). The first kappa shape index (κ1) is 11.0. The maximum Gasteiger partial charge on any atom is 0.130 e. The van der Waals surface area contributed by atoms with Gasteiger partial charge in [-0.2, -0.15) is 0 Å². The maximum atomic E-state index is 13.4. The Balaban J connectivity index is 2.69. The number of hydrogen-bond acceptors (Lipinski definition) is 2. The van der Waals surface area contributed by atoms with Crippen molar-refractivity contribution >= 4 is 0 Å². The summed E-state index contributed by atoms with van der Waals surface area (Å²) in [6.45, 7) is 0.850. The molecule has 0 aromatic heterocycles. The minimum Gasteiger partial charge on any atom is -0.497 e. The van der Waals surface area contributed by atoms with Crippen molar-refractivity contribution < 1.29 is 9.13 Å². The molecule has 2 nitrogen and oxygen atoms in total. The van der Waals surface area contributed by atoms with Crippen LogP contribution in [-0.2, 0) is 6.42 Å². The monoisotopic (exact) mass is 197 g/mol. The van der Waals surface area contributed by atoms with Crippen LogP contribution in [0, 0.1) is 5.82 Å². The number of halogens is 1. The molecule has 0 radical (unpaired) electrons. The smallest absolute Gasteiger partial charge is 0.130 e. The highest BCUT2D eigenvalue weighted by molar-refractivity contribution is 5.29. The van der Waals surface area contributed by atoms with E-state index in [1.807, 2.05) is 19.0 Å². The van der Waals surface area contributed by atoms with Crippen molar-refractivity contribution in [2.75, 3.05) is 27.7 Å². The van der Waals surface area contributed by atoms with Crippen LogP contribution in [0.1, 0.15) is 5.56 Å². The molecule has 1 aromatic rings. The highest BCUT2D eigenvalue weighted by atomic mass is 19.1. The van der Waals surface area contributed by atoms with Gasteiger partial charge in [-0.1, -0.05) is 6.07 Å². The van der Waals surface area contributed by atoms with Gasteiger partial charge in [0.2, 0.25) is 0 Å². The summed E-state index contributed by atoms with van der Waals surface area (Å²) < 4.78 is 18.3. The van der Waals surface area contributed by atoms with E-state index in [1.54, 1.807) is 12.1 Å². The summed E-state index contributed by atoms with van der Waals surface area (Å²) in [5, 5.41) is 0. The standard InChI is InChI=1S/C11H16FNO/c1-13(2)7-6-9-4-5-10(14-3)8-11(9)12/h4-5,8H,6-7H2,1-3H3. The van der Waals surface area contributed by atoms with Crippen LogP contribution in [0.3, 0.4) is 0 Å². The second-order valence-electron chi connectivity index (χ2n) is 3.51. The van der Waals surface area contributed by atoms with E-state index in [1.165, 1.54) is 13.2 Å². The lowest BCUT2D eigenvalue weighted by Gasteiger charge is -2.10. The zero-order valence-corrected chi connectivity index (χ0v) is 8.88. The fourth-order valence-corrected chi connectivity index (χ4v) is 1.20. The third kappa shape index (κ3) is 3.00. The van der Waals surface area contributed by atoms with Crippen LogP contribution in [0.4, 0.5) is 4.39 Å². The molecule has 0 aliphatic rings. The zero-order valence-electron chi connectivity index (χ0n) is 8.88. The Morgan fingerprint density at radius 3 is 2.57 bits per heavy atom. The Hall–Kier alpha value is -1.09. The van der Waals surface area contributed by atoms with Crippen LogP contribution in [0.2, 0.25) is 0 Å². The van der Waals surface area contributed by atoms with Gasteiger partial charge in [0, 0.05) is 12.6 Å². The van der Waals surface area contributed by atoms with Crippen LogP contribution in [0.15, 0.2) is 18.2 Å². The van der Waals surface area contributed by atoms with Crippen molar-refractivity contribution in [3.63, 3.8) is 0 Å². The summed E-state index contributed by atoms with van der Waals surface area (Å²) >= 11 is 0. The maximum absolute atomic E-state index is 13.4. The Bertz CT molecular complexity index is 299. The molecule has 0 fully saturated rings. The number of ether oxygens (including phenoxy) is 1. The SMILES string of the molecule is COc1ccc(CCN(C)C)c(F)c1. The fraction of sp³-hybridized carbons (Fsp3) is 0.455. The summed E-state index contributed by atoms with van der Waals surface area (Å²) in [7, 11) is 5.48. The molecule has 0 aliphatic carbocycles. The normalized spacial score (nSPS) is 10.6. The van der Waals surface area contributed by atoms with E-state index >= 15 is 0 Å². The number of nitrogens with zero attached hydrogens (tertiary/aromatic N) is 1. The molecule has 0 heterocycles. The summed E-state index contributed by atoms with van der Waals surface area (Å²) in [5.74, 6) is 0.377. The first-order chi connectivity index (χ1) is 6.63. The van der Waals surface area contributed by atoms with Crippen LogP contribution >= 0.6 is 0 Å². The zero-order chi connectivity index (χ0) is 10.6. The molecular weight excluding hydrogens is 181 g/mol. The summed E-state index contributed by atoms with van der Waals surface area (Å²) in [6.07, 6.45) is 0.725. The Morgan fingerprint density at radius 2 is 2.07 bits per heavy atom. The predicted molar refractivity (Wildman–Crippen MR) is 55.2 cm³/mol. The molecular formula is C11H16FNO. The van der Waals surface area contributed by atoms with Crippen LogP contribution in [0.25, 0.3) is 0 Å². The number of rotatable bonds is 4. The molecule has 1 aromatic carbocycles. The van der Waals surface area contributed by atoms with E-state index in [0.29, 0.717) is 5.75 Å². The third-order valence-corrected chi connectivity index (χ3v) is 2.09. The lowest BCUT2D eigenvalue weighted by Crippen LogP contribution is -2.15. The molecule has 3 heteroatoms. The van der Waals surface area contributed by atoms with Crippen LogP contribution in [-0.4, -0.2) is 32.6 Å². The van der Waals surface area contributed by atoms with Gasteiger partial charge in [0.05, 0.1) is 7.11 Å². The number of benzene rings is 1. The highest BCUT2D eigenvalue weighted by Gasteiger charge is 2.03. The van der Waals surface area contributed by atoms with E-state index < -0.39 is 0 Å². The number of likely N-dealkylation sites (N-methyl/N-ethyl adjacent to an activating group) is 1. The highest BCUT2D eigenvalue weighted by Crippen LogP contribution is 2.16. The molecule has 0 amide bonds. The molecule has 0 unspecified atom stereocenters. The van der Waals surface area contributed by atoms with Gasteiger partial charge >= 0.3 is 0 Å². The number of methoxy groups -OCH3 is 1. The van der Waals surface area contributed by atoms with Crippen molar-refractivity contribution in [2.24, 2.45) is 0 Å². The lowest BCUT2D eigenvalue weighted by molar-refractivity contribution is 0.403. The van der Waals surface area contributed by atoms with E-state index in [-0.39, 0.29) is 5.82 Å². The van der Waals surface area contributed by atoms with Crippen molar-refractivity contribution in [2.45, 2.75) is 6.42 Å². The van der Waals surface area contributed by atoms with Crippen molar-refractivity contribution in [3.8, 4) is 5.75 Å². The predicted octanol–water partition coefficient (Wildman–Crippen LogP) is 1.94. The molecule has 0 saturated heterocycles. The molecule has 0 atom stereocenters. The quantitative estimate of drug-likeness (QED) is 0.731. The molecule has 0 bridgehead atoms. The lowest BCUT2D eigenvalue weighted by atomic mass is 10.1. The van der Waals surface area contributed by atoms with Gasteiger partial charge in [-0.05, 0) is 32.1 Å². The third-order valence-electron chi connectivity index (χ3n) is 2.09. The first-order valence-corrected chi connectivity index (χ1v) is 4.60. The minimum atomic E-state index is -0.189. The largest absolute Gasteiger partial charge is 0.497 e. The van der Waals surface area contributed by atoms with Gasteiger partial charge in [0.1, 0.15) is 11.6 Å². The van der Waals surface area contributed by atoms with Gasteiger partial charge in [0.15, 0.2) is 0 Å². The Morgan fingerprint density at radius 1 is 1.36 bits per heavy atom.